The Morgan fingerprint density at radius 1 is 0.958 bits per heavy atom. The fourth-order valence-corrected chi connectivity index (χ4v) is 2.29. The number of aliphatic hydroxyl groups excluding tert-OH is 2. The molecular formula is C20H34O4. The van der Waals surface area contributed by atoms with Gasteiger partial charge in [-0.25, -0.2) is 0 Å². The van der Waals surface area contributed by atoms with Crippen LogP contribution in [0.5, 0.6) is 0 Å². The van der Waals surface area contributed by atoms with Gasteiger partial charge in [-0.2, -0.15) is 0 Å². The molecule has 0 fully saturated rings. The number of carbonyl (C=O) groups is 1. The highest BCUT2D eigenvalue weighted by atomic mass is 16.4. The molecule has 0 saturated heterocycles. The third-order valence-corrected chi connectivity index (χ3v) is 3.69. The third kappa shape index (κ3) is 17.0. The first kappa shape index (κ1) is 22.6. The second-order valence-electron chi connectivity index (χ2n) is 6.12. The lowest BCUT2D eigenvalue weighted by Crippen LogP contribution is -2.12. The molecule has 3 N–H and O–H groups in total. The van der Waals surface area contributed by atoms with Crippen LogP contribution in [0.15, 0.2) is 36.5 Å². The molecule has 0 rings (SSSR count). The molecule has 0 aromatic rings. The Kier molecular flexibility index (Phi) is 15.5. The van der Waals surface area contributed by atoms with Crippen LogP contribution in [0.1, 0.15) is 71.1 Å². The molecule has 0 aliphatic carbocycles. The minimum Gasteiger partial charge on any atom is -0.481 e. The molecule has 0 spiro atoms. The van der Waals surface area contributed by atoms with Gasteiger partial charge in [0, 0.05) is 0 Å². The topological polar surface area (TPSA) is 77.8 Å². The normalized spacial score (nSPS) is 14.8. The lowest BCUT2D eigenvalue weighted by atomic mass is 10.1. The summed E-state index contributed by atoms with van der Waals surface area (Å²) in [6, 6.07) is 0. The molecule has 0 aliphatic rings. The van der Waals surface area contributed by atoms with Crippen molar-refractivity contribution in [1.29, 1.82) is 0 Å². The Morgan fingerprint density at radius 2 is 1.71 bits per heavy atom. The summed E-state index contributed by atoms with van der Waals surface area (Å²) in [5.74, 6) is -0.947. The molecule has 4 heteroatoms. The molecule has 0 heterocycles. The average Bonchev–Trinajstić information content (AvgIpc) is 2.52. The maximum absolute atomic E-state index is 10.4. The number of hydrogen-bond donors (Lipinski definition) is 3. The fraction of sp³-hybridized carbons (Fsp3) is 0.650. The van der Waals surface area contributed by atoms with Crippen LogP contribution in [0, 0.1) is 0 Å². The number of carboxylic acids is 1. The Morgan fingerprint density at radius 3 is 2.42 bits per heavy atom. The number of aliphatic carboxylic acids is 1. The first-order valence-corrected chi connectivity index (χ1v) is 9.12. The molecule has 0 amide bonds. The van der Waals surface area contributed by atoms with Gasteiger partial charge in [-0.15, -0.1) is 0 Å². The van der Waals surface area contributed by atoms with Gasteiger partial charge < -0.3 is 15.3 Å². The summed E-state index contributed by atoms with van der Waals surface area (Å²) in [6.07, 6.45) is 19.1. The van der Waals surface area contributed by atoms with Gasteiger partial charge in [-0.1, -0.05) is 69.1 Å². The van der Waals surface area contributed by atoms with Gasteiger partial charge in [0.1, 0.15) is 0 Å². The molecular weight excluding hydrogens is 304 g/mol. The van der Waals surface area contributed by atoms with Gasteiger partial charge in [0.15, 0.2) is 0 Å². The number of allylic oxidation sites excluding steroid dienone is 5. The zero-order chi connectivity index (χ0) is 18.0. The van der Waals surface area contributed by atoms with E-state index in [4.69, 9.17) is 5.11 Å². The van der Waals surface area contributed by atoms with Crippen LogP contribution in [-0.4, -0.2) is 33.5 Å². The van der Waals surface area contributed by atoms with E-state index in [1.807, 2.05) is 24.3 Å². The van der Waals surface area contributed by atoms with Crippen molar-refractivity contribution < 1.29 is 20.1 Å². The van der Waals surface area contributed by atoms with E-state index in [1.54, 1.807) is 0 Å². The Hall–Kier alpha value is -1.39. The van der Waals surface area contributed by atoms with E-state index in [0.29, 0.717) is 6.42 Å². The lowest BCUT2D eigenvalue weighted by Gasteiger charge is -2.05. The van der Waals surface area contributed by atoms with E-state index in [1.165, 1.54) is 12.8 Å². The minimum atomic E-state index is -0.947. The van der Waals surface area contributed by atoms with Crippen molar-refractivity contribution >= 4 is 5.97 Å². The quantitative estimate of drug-likeness (QED) is 0.235. The van der Waals surface area contributed by atoms with Crippen molar-refractivity contribution in [1.82, 2.24) is 0 Å². The summed E-state index contributed by atoms with van der Waals surface area (Å²) < 4.78 is 0. The van der Waals surface area contributed by atoms with Crippen molar-refractivity contribution in [2.45, 2.75) is 83.3 Å². The molecule has 2 atom stereocenters. The summed E-state index contributed by atoms with van der Waals surface area (Å²) in [5, 5.41) is 27.6. The standard InChI is InChI=1S/C20H34O4/c1-2-3-11-14-18(21)15-12-9-7-5-4-6-8-10-13-16-19(22)17-20(23)24/h4,6-7,9,12,15,18-19,21-22H,2-3,5,8,10-11,13-14,16-17H2,1H3,(H,23,24). The summed E-state index contributed by atoms with van der Waals surface area (Å²) in [4.78, 5) is 10.4. The molecule has 24 heavy (non-hydrogen) atoms. The van der Waals surface area contributed by atoms with Crippen LogP contribution in [0.3, 0.4) is 0 Å². The number of aliphatic hydroxyl groups is 2. The van der Waals surface area contributed by atoms with E-state index < -0.39 is 12.1 Å². The predicted octanol–water partition coefficient (Wildman–Crippen LogP) is 4.38. The number of rotatable bonds is 15. The first-order valence-electron chi connectivity index (χ1n) is 9.12. The Labute approximate surface area is 146 Å². The van der Waals surface area contributed by atoms with Crippen LogP contribution < -0.4 is 0 Å². The van der Waals surface area contributed by atoms with Crippen molar-refractivity contribution in [3.8, 4) is 0 Å². The maximum Gasteiger partial charge on any atom is 0.305 e. The Bertz CT molecular complexity index is 385. The van der Waals surface area contributed by atoms with Gasteiger partial charge in [-0.3, -0.25) is 4.79 Å². The molecule has 0 aromatic heterocycles. The van der Waals surface area contributed by atoms with E-state index in [9.17, 15) is 15.0 Å². The number of hydrogen-bond acceptors (Lipinski definition) is 3. The third-order valence-electron chi connectivity index (χ3n) is 3.69. The zero-order valence-corrected chi connectivity index (χ0v) is 14.9. The van der Waals surface area contributed by atoms with Crippen molar-refractivity contribution in [2.24, 2.45) is 0 Å². The summed E-state index contributed by atoms with van der Waals surface area (Å²) in [5.41, 5.74) is 0. The molecule has 0 aromatic carbocycles. The van der Waals surface area contributed by atoms with Gasteiger partial charge in [0.05, 0.1) is 18.6 Å². The number of carboxylic acid groups (broad SMARTS) is 1. The lowest BCUT2D eigenvalue weighted by molar-refractivity contribution is -0.139. The molecule has 0 radical (unpaired) electrons. The summed E-state index contributed by atoms with van der Waals surface area (Å²) in [6.45, 7) is 2.15. The SMILES string of the molecule is CCCCCC(O)C=CC=CCC=CCCCCC(O)CC(=O)O. The van der Waals surface area contributed by atoms with Crippen molar-refractivity contribution in [3.05, 3.63) is 36.5 Å². The average molecular weight is 338 g/mol. The van der Waals surface area contributed by atoms with Crippen LogP contribution >= 0.6 is 0 Å². The van der Waals surface area contributed by atoms with E-state index in [2.05, 4.69) is 19.1 Å². The number of unbranched alkanes of at least 4 members (excludes halogenated alkanes) is 4. The largest absolute Gasteiger partial charge is 0.481 e. The van der Waals surface area contributed by atoms with E-state index >= 15 is 0 Å². The van der Waals surface area contributed by atoms with Crippen LogP contribution in [0.2, 0.25) is 0 Å². The molecule has 4 nitrogen and oxygen atoms in total. The van der Waals surface area contributed by atoms with Gasteiger partial charge >= 0.3 is 5.97 Å². The highest BCUT2D eigenvalue weighted by Gasteiger charge is 2.07. The maximum atomic E-state index is 10.4. The van der Waals surface area contributed by atoms with Crippen LogP contribution in [0.25, 0.3) is 0 Å². The smallest absolute Gasteiger partial charge is 0.305 e. The first-order chi connectivity index (χ1) is 11.6. The Balaban J connectivity index is 3.55. The second-order valence-corrected chi connectivity index (χ2v) is 6.12. The van der Waals surface area contributed by atoms with Gasteiger partial charge in [0.25, 0.3) is 0 Å². The van der Waals surface area contributed by atoms with E-state index in [-0.39, 0.29) is 12.5 Å². The minimum absolute atomic E-state index is 0.165. The van der Waals surface area contributed by atoms with Gasteiger partial charge in [-0.05, 0) is 32.1 Å². The molecule has 2 unspecified atom stereocenters. The highest BCUT2D eigenvalue weighted by molar-refractivity contribution is 5.67. The summed E-state index contributed by atoms with van der Waals surface area (Å²) in [7, 11) is 0. The summed E-state index contributed by atoms with van der Waals surface area (Å²) >= 11 is 0. The zero-order valence-electron chi connectivity index (χ0n) is 14.9. The van der Waals surface area contributed by atoms with Gasteiger partial charge in [0.2, 0.25) is 0 Å². The molecule has 0 aliphatic heterocycles. The molecule has 0 saturated carbocycles. The van der Waals surface area contributed by atoms with E-state index in [0.717, 1.165) is 38.5 Å². The van der Waals surface area contributed by atoms with Crippen molar-refractivity contribution in [2.75, 3.05) is 0 Å². The fourth-order valence-electron chi connectivity index (χ4n) is 2.29. The second kappa shape index (κ2) is 16.5. The van der Waals surface area contributed by atoms with Crippen LogP contribution in [0.4, 0.5) is 0 Å². The highest BCUT2D eigenvalue weighted by Crippen LogP contribution is 2.07. The van der Waals surface area contributed by atoms with Crippen molar-refractivity contribution in [3.63, 3.8) is 0 Å². The predicted molar refractivity (Wildman–Crippen MR) is 98.9 cm³/mol. The monoisotopic (exact) mass is 338 g/mol. The van der Waals surface area contributed by atoms with Crippen LogP contribution in [-0.2, 0) is 4.79 Å². The molecule has 138 valence electrons. The molecule has 0 bridgehead atoms.